The van der Waals surface area contributed by atoms with Gasteiger partial charge in [0, 0.05) is 29.9 Å². The molecule has 3 aromatic rings. The highest BCUT2D eigenvalue weighted by molar-refractivity contribution is 5.95. The Morgan fingerprint density at radius 2 is 1.74 bits per heavy atom. The van der Waals surface area contributed by atoms with Crippen LogP contribution in [-0.4, -0.2) is 36.2 Å². The van der Waals surface area contributed by atoms with Gasteiger partial charge >= 0.3 is 0 Å². The van der Waals surface area contributed by atoms with E-state index in [1.54, 1.807) is 0 Å². The van der Waals surface area contributed by atoms with Crippen LogP contribution in [0.4, 0.5) is 5.69 Å². The third kappa shape index (κ3) is 7.46. The molecule has 1 heterocycles. The van der Waals surface area contributed by atoms with Gasteiger partial charge in [-0.2, -0.15) is 0 Å². The summed E-state index contributed by atoms with van der Waals surface area (Å²) in [6.07, 6.45) is 2.95. The molecule has 4 rings (SSSR count). The molecular formula is C33H43N3O2. The van der Waals surface area contributed by atoms with Crippen LogP contribution in [0.25, 0.3) is 0 Å². The van der Waals surface area contributed by atoms with Gasteiger partial charge < -0.3 is 21.1 Å². The average molecular weight is 514 g/mol. The Hall–Kier alpha value is -3.15. The lowest BCUT2D eigenvalue weighted by molar-refractivity contribution is 0.0814. The fourth-order valence-electron chi connectivity index (χ4n) is 5.05. The number of carbonyl (C=O) groups excluding carboxylic acids is 1. The van der Waals surface area contributed by atoms with Gasteiger partial charge in [-0.3, -0.25) is 4.79 Å². The van der Waals surface area contributed by atoms with Gasteiger partial charge in [-0.1, -0.05) is 68.4 Å². The number of aliphatic hydroxyl groups is 1. The highest BCUT2D eigenvalue weighted by Crippen LogP contribution is 2.24. The average Bonchev–Trinajstić information content (AvgIpc) is 2.91. The number of hydrogen-bond donors (Lipinski definition) is 4. The quantitative estimate of drug-likeness (QED) is 0.337. The van der Waals surface area contributed by atoms with Crippen molar-refractivity contribution in [1.29, 1.82) is 0 Å². The Balaban J connectivity index is 1.55. The molecule has 0 saturated heterocycles. The molecule has 1 aliphatic rings. The third-order valence-corrected chi connectivity index (χ3v) is 7.60. The molecule has 0 aromatic heterocycles. The summed E-state index contributed by atoms with van der Waals surface area (Å²) in [5.74, 6) is 0.276. The first-order chi connectivity index (χ1) is 18.2. The second-order valence-electron chi connectivity index (χ2n) is 11.4. The van der Waals surface area contributed by atoms with E-state index >= 15 is 0 Å². The van der Waals surface area contributed by atoms with E-state index < -0.39 is 12.1 Å². The Labute approximate surface area is 228 Å². The molecule has 38 heavy (non-hydrogen) atoms. The molecule has 0 unspecified atom stereocenters. The number of aryl methyl sites for hydroxylation is 1. The fraction of sp³-hybridized carbons (Fsp3) is 0.424. The van der Waals surface area contributed by atoms with Crippen LogP contribution in [0.15, 0.2) is 72.8 Å². The number of carbonyl (C=O) groups is 1. The highest BCUT2D eigenvalue weighted by atomic mass is 16.3. The maximum absolute atomic E-state index is 13.3. The molecule has 4 N–H and O–H groups in total. The lowest BCUT2D eigenvalue weighted by atomic mass is 9.90. The van der Waals surface area contributed by atoms with Gasteiger partial charge in [-0.05, 0) is 85.9 Å². The van der Waals surface area contributed by atoms with Gasteiger partial charge in [0.25, 0.3) is 5.91 Å². The summed E-state index contributed by atoms with van der Waals surface area (Å²) in [5, 5.41) is 21.6. The molecule has 5 heteroatoms. The summed E-state index contributed by atoms with van der Waals surface area (Å²) >= 11 is 0. The molecule has 3 aromatic carbocycles. The molecule has 0 saturated carbocycles. The standard InChI is InChI=1S/C33H43N3O2/c1-23(2)26-13-8-15-28(20-26)33(3,4)35-22-31(37)30-19-25-12-7-11-24(18-25)10-5-6-17-34-29-16-9-14-27(21-29)32(38)36-30/h7-9,11-16,18,20-21,23,30-31,34-35,37H,5-6,10,17,19,22H2,1-4H3,(H,36,38)/t30-,31+/m0/s1. The van der Waals surface area contributed by atoms with Gasteiger partial charge in [0.1, 0.15) is 0 Å². The molecule has 0 fully saturated rings. The Morgan fingerprint density at radius 3 is 2.55 bits per heavy atom. The third-order valence-electron chi connectivity index (χ3n) is 7.60. The van der Waals surface area contributed by atoms with E-state index in [0.29, 0.717) is 24.4 Å². The van der Waals surface area contributed by atoms with Crippen molar-refractivity contribution in [2.24, 2.45) is 0 Å². The van der Waals surface area contributed by atoms with Gasteiger partial charge in [-0.25, -0.2) is 0 Å². The number of benzene rings is 3. The summed E-state index contributed by atoms with van der Waals surface area (Å²) in [4.78, 5) is 13.3. The second-order valence-corrected chi connectivity index (χ2v) is 11.4. The van der Waals surface area contributed by atoms with Crippen LogP contribution in [0.2, 0.25) is 0 Å². The smallest absolute Gasteiger partial charge is 0.251 e. The molecule has 1 aliphatic heterocycles. The maximum atomic E-state index is 13.3. The van der Waals surface area contributed by atoms with Crippen molar-refractivity contribution in [3.8, 4) is 0 Å². The first-order valence-electron chi connectivity index (χ1n) is 14.0. The van der Waals surface area contributed by atoms with Gasteiger partial charge in [0.05, 0.1) is 12.1 Å². The van der Waals surface area contributed by atoms with Crippen molar-refractivity contribution in [1.82, 2.24) is 10.6 Å². The normalized spacial score (nSPS) is 17.6. The minimum absolute atomic E-state index is 0.173. The monoisotopic (exact) mass is 513 g/mol. The summed E-state index contributed by atoms with van der Waals surface area (Å²) in [6.45, 7) is 9.88. The topological polar surface area (TPSA) is 73.4 Å². The predicted molar refractivity (Wildman–Crippen MR) is 157 cm³/mol. The van der Waals surface area contributed by atoms with E-state index in [-0.39, 0.29) is 11.4 Å². The highest BCUT2D eigenvalue weighted by Gasteiger charge is 2.27. The molecule has 1 amide bonds. The zero-order valence-electron chi connectivity index (χ0n) is 23.3. The molecule has 0 spiro atoms. The number of aliphatic hydroxyl groups excluding tert-OH is 1. The summed E-state index contributed by atoms with van der Waals surface area (Å²) in [5.41, 5.74) is 6.09. The van der Waals surface area contributed by atoms with Crippen molar-refractivity contribution in [2.45, 2.75) is 77.0 Å². The Bertz CT molecular complexity index is 1220. The summed E-state index contributed by atoms with van der Waals surface area (Å²) in [6, 6.07) is 24.3. The van der Waals surface area contributed by atoms with Crippen LogP contribution < -0.4 is 16.0 Å². The number of hydrogen-bond acceptors (Lipinski definition) is 4. The minimum atomic E-state index is -0.771. The largest absolute Gasteiger partial charge is 0.390 e. The van der Waals surface area contributed by atoms with Gasteiger partial charge in [0.2, 0.25) is 0 Å². The van der Waals surface area contributed by atoms with E-state index in [9.17, 15) is 9.90 Å². The van der Waals surface area contributed by atoms with Crippen molar-refractivity contribution < 1.29 is 9.90 Å². The minimum Gasteiger partial charge on any atom is -0.390 e. The molecular weight excluding hydrogens is 470 g/mol. The van der Waals surface area contributed by atoms with Crippen LogP contribution in [-0.2, 0) is 18.4 Å². The molecule has 0 aliphatic carbocycles. The number of fused-ring (bicyclic) bond motifs is 4. The Kier molecular flexibility index (Phi) is 9.24. The molecule has 5 nitrogen and oxygen atoms in total. The van der Waals surface area contributed by atoms with Crippen LogP contribution in [0.3, 0.4) is 0 Å². The molecule has 2 atom stereocenters. The van der Waals surface area contributed by atoms with Crippen molar-refractivity contribution in [2.75, 3.05) is 18.4 Å². The SMILES string of the molecule is CC(C)c1cccc(C(C)(C)NC[C@@H](O)[C@@H]2Cc3cccc(c3)CCCCNc3cccc(c3)C(=O)N2)c1. The molecule has 0 radical (unpaired) electrons. The van der Waals surface area contributed by atoms with Crippen LogP contribution in [0, 0.1) is 0 Å². The second kappa shape index (κ2) is 12.6. The summed E-state index contributed by atoms with van der Waals surface area (Å²) in [7, 11) is 0. The lowest BCUT2D eigenvalue weighted by Gasteiger charge is -2.32. The van der Waals surface area contributed by atoms with Gasteiger partial charge in [0.15, 0.2) is 0 Å². The lowest BCUT2D eigenvalue weighted by Crippen LogP contribution is -2.51. The zero-order chi connectivity index (χ0) is 27.1. The molecule has 202 valence electrons. The van der Waals surface area contributed by atoms with Gasteiger partial charge in [-0.15, -0.1) is 0 Å². The van der Waals surface area contributed by atoms with Crippen LogP contribution in [0.1, 0.15) is 79.1 Å². The van der Waals surface area contributed by atoms with Crippen molar-refractivity contribution in [3.63, 3.8) is 0 Å². The number of anilines is 1. The van der Waals surface area contributed by atoms with E-state index in [1.165, 1.54) is 16.7 Å². The van der Waals surface area contributed by atoms with Crippen molar-refractivity contribution in [3.05, 3.63) is 101 Å². The molecule has 4 bridgehead atoms. The predicted octanol–water partition coefficient (Wildman–Crippen LogP) is 5.79. The Morgan fingerprint density at radius 1 is 0.974 bits per heavy atom. The van der Waals surface area contributed by atoms with E-state index in [0.717, 1.165) is 37.1 Å². The van der Waals surface area contributed by atoms with Crippen molar-refractivity contribution >= 4 is 11.6 Å². The summed E-state index contributed by atoms with van der Waals surface area (Å²) < 4.78 is 0. The van der Waals surface area contributed by atoms with E-state index in [2.05, 4.69) is 92.2 Å². The zero-order valence-corrected chi connectivity index (χ0v) is 23.3. The number of amides is 1. The van der Waals surface area contributed by atoms with E-state index in [1.807, 2.05) is 24.3 Å². The first kappa shape index (κ1) is 27.9. The van der Waals surface area contributed by atoms with E-state index in [4.69, 9.17) is 0 Å². The number of rotatable bonds is 6. The maximum Gasteiger partial charge on any atom is 0.251 e. The van der Waals surface area contributed by atoms with Crippen LogP contribution in [0.5, 0.6) is 0 Å². The van der Waals surface area contributed by atoms with Crippen LogP contribution >= 0.6 is 0 Å². The number of nitrogens with one attached hydrogen (secondary N) is 3. The first-order valence-corrected chi connectivity index (χ1v) is 14.0. The fourth-order valence-corrected chi connectivity index (χ4v) is 5.05.